The SMILES string of the molecule is CCOc1ccc(Cc2cc([C@]34OC[C@]([C@H](C)O)(O3)[C@@H](O)[C@H](O)[C@H]4O)ccc2C)cc1. The number of aliphatic hydroxyl groups excluding tert-OH is 4. The Hall–Kier alpha value is -2.00. The highest BCUT2D eigenvalue weighted by Gasteiger charge is 2.68. The molecule has 4 N–H and O–H groups in total. The van der Waals surface area contributed by atoms with Gasteiger partial charge in [0, 0.05) is 5.56 Å². The normalized spacial score (nSPS) is 33.3. The molecular weight excluding hydrogens is 400 g/mol. The summed E-state index contributed by atoms with van der Waals surface area (Å²) in [4.78, 5) is 0. The first-order chi connectivity index (χ1) is 14.7. The monoisotopic (exact) mass is 430 g/mol. The summed E-state index contributed by atoms with van der Waals surface area (Å²) in [6.45, 7) is 5.87. The molecule has 2 bridgehead atoms. The van der Waals surface area contributed by atoms with Gasteiger partial charge in [-0.2, -0.15) is 0 Å². The van der Waals surface area contributed by atoms with Crippen LogP contribution in [0, 0.1) is 6.92 Å². The second-order valence-electron chi connectivity index (χ2n) is 8.46. The molecule has 31 heavy (non-hydrogen) atoms. The lowest BCUT2D eigenvalue weighted by molar-refractivity contribution is -0.336. The fourth-order valence-electron chi connectivity index (χ4n) is 4.47. The third-order valence-corrected chi connectivity index (χ3v) is 6.48. The minimum absolute atomic E-state index is 0.151. The highest BCUT2D eigenvalue weighted by atomic mass is 16.8. The van der Waals surface area contributed by atoms with E-state index in [1.807, 2.05) is 50.2 Å². The summed E-state index contributed by atoms with van der Waals surface area (Å²) in [5.41, 5.74) is 2.16. The molecule has 2 aliphatic heterocycles. The molecule has 0 aliphatic carbocycles. The van der Waals surface area contributed by atoms with Crippen molar-refractivity contribution in [2.75, 3.05) is 13.2 Å². The lowest BCUT2D eigenvalue weighted by atomic mass is 9.80. The molecule has 2 fully saturated rings. The van der Waals surface area contributed by atoms with E-state index >= 15 is 0 Å². The third kappa shape index (κ3) is 3.55. The van der Waals surface area contributed by atoms with E-state index in [9.17, 15) is 20.4 Å². The quantitative estimate of drug-likeness (QED) is 0.549. The Bertz CT molecular complexity index is 928. The molecule has 2 aromatic rings. The Labute approximate surface area is 181 Å². The Morgan fingerprint density at radius 3 is 2.45 bits per heavy atom. The Balaban J connectivity index is 1.67. The van der Waals surface area contributed by atoms with Crippen LogP contribution in [-0.2, 0) is 21.7 Å². The van der Waals surface area contributed by atoms with Crippen LogP contribution in [0.3, 0.4) is 0 Å². The van der Waals surface area contributed by atoms with Crippen LogP contribution in [0.15, 0.2) is 42.5 Å². The highest BCUT2D eigenvalue weighted by molar-refractivity contribution is 5.40. The molecule has 7 nitrogen and oxygen atoms in total. The van der Waals surface area contributed by atoms with E-state index in [0.29, 0.717) is 18.6 Å². The first-order valence-electron chi connectivity index (χ1n) is 10.6. The molecular formula is C24H30O7. The summed E-state index contributed by atoms with van der Waals surface area (Å²) in [6, 6.07) is 13.4. The number of hydrogen-bond acceptors (Lipinski definition) is 7. The van der Waals surface area contributed by atoms with Crippen molar-refractivity contribution in [3.05, 3.63) is 64.7 Å². The molecule has 2 heterocycles. The average molecular weight is 430 g/mol. The smallest absolute Gasteiger partial charge is 0.225 e. The average Bonchev–Trinajstić information content (AvgIpc) is 3.15. The molecule has 0 radical (unpaired) electrons. The minimum atomic E-state index is -1.67. The van der Waals surface area contributed by atoms with Gasteiger partial charge in [0.1, 0.15) is 29.7 Å². The molecule has 2 aromatic carbocycles. The van der Waals surface area contributed by atoms with Gasteiger partial charge >= 0.3 is 0 Å². The topological polar surface area (TPSA) is 109 Å². The zero-order chi connectivity index (χ0) is 22.4. The lowest BCUT2D eigenvalue weighted by Crippen LogP contribution is -2.67. The van der Waals surface area contributed by atoms with E-state index in [0.717, 1.165) is 22.4 Å². The summed E-state index contributed by atoms with van der Waals surface area (Å²) in [5.74, 6) is -0.854. The van der Waals surface area contributed by atoms with E-state index in [1.54, 1.807) is 6.07 Å². The second-order valence-corrected chi connectivity index (χ2v) is 8.46. The van der Waals surface area contributed by atoms with Crippen molar-refractivity contribution in [1.82, 2.24) is 0 Å². The molecule has 168 valence electrons. The van der Waals surface area contributed by atoms with E-state index in [4.69, 9.17) is 14.2 Å². The van der Waals surface area contributed by atoms with Gasteiger partial charge in [0.15, 0.2) is 0 Å². The van der Waals surface area contributed by atoms with Gasteiger partial charge in [0.25, 0.3) is 0 Å². The predicted molar refractivity (Wildman–Crippen MR) is 113 cm³/mol. The van der Waals surface area contributed by atoms with E-state index < -0.39 is 35.8 Å². The first kappa shape index (κ1) is 22.2. The van der Waals surface area contributed by atoms with Gasteiger partial charge in [0.05, 0.1) is 19.3 Å². The summed E-state index contributed by atoms with van der Waals surface area (Å²) >= 11 is 0. The number of aliphatic hydroxyl groups is 4. The van der Waals surface area contributed by atoms with Crippen LogP contribution < -0.4 is 4.74 Å². The number of fused-ring (bicyclic) bond motifs is 2. The maximum atomic E-state index is 10.8. The van der Waals surface area contributed by atoms with Crippen molar-refractivity contribution in [3.63, 3.8) is 0 Å². The van der Waals surface area contributed by atoms with Crippen LogP contribution in [-0.4, -0.2) is 63.7 Å². The molecule has 2 aliphatic rings. The lowest BCUT2D eigenvalue weighted by Gasteiger charge is -2.47. The van der Waals surface area contributed by atoms with Crippen molar-refractivity contribution in [1.29, 1.82) is 0 Å². The van der Waals surface area contributed by atoms with Crippen molar-refractivity contribution in [2.45, 2.75) is 63.0 Å². The van der Waals surface area contributed by atoms with E-state index in [-0.39, 0.29) is 6.61 Å². The van der Waals surface area contributed by atoms with Crippen LogP contribution in [0.1, 0.15) is 36.1 Å². The minimum Gasteiger partial charge on any atom is -0.494 e. The second kappa shape index (κ2) is 8.16. The fraction of sp³-hybridized carbons (Fsp3) is 0.500. The third-order valence-electron chi connectivity index (χ3n) is 6.48. The van der Waals surface area contributed by atoms with Crippen molar-refractivity contribution >= 4 is 0 Å². The van der Waals surface area contributed by atoms with Gasteiger partial charge < -0.3 is 34.6 Å². The van der Waals surface area contributed by atoms with Gasteiger partial charge in [-0.1, -0.05) is 24.3 Å². The molecule has 0 aromatic heterocycles. The molecule has 2 saturated heterocycles. The molecule has 4 rings (SSSR count). The van der Waals surface area contributed by atoms with Crippen LogP contribution in [0.5, 0.6) is 5.75 Å². The number of ether oxygens (including phenoxy) is 3. The van der Waals surface area contributed by atoms with Crippen LogP contribution in [0.2, 0.25) is 0 Å². The summed E-state index contributed by atoms with van der Waals surface area (Å²) in [7, 11) is 0. The zero-order valence-corrected chi connectivity index (χ0v) is 18.0. The van der Waals surface area contributed by atoms with Crippen LogP contribution in [0.4, 0.5) is 0 Å². The maximum Gasteiger partial charge on any atom is 0.225 e. The van der Waals surface area contributed by atoms with Crippen molar-refractivity contribution in [2.24, 2.45) is 0 Å². The molecule has 0 amide bonds. The Morgan fingerprint density at radius 1 is 1.10 bits per heavy atom. The summed E-state index contributed by atoms with van der Waals surface area (Å²) < 4.78 is 17.4. The molecule has 0 spiro atoms. The summed E-state index contributed by atoms with van der Waals surface area (Å²) in [5, 5.41) is 42.1. The molecule has 0 saturated carbocycles. The van der Waals surface area contributed by atoms with E-state index in [1.165, 1.54) is 6.92 Å². The van der Waals surface area contributed by atoms with Gasteiger partial charge in [-0.05, 0) is 62.1 Å². The van der Waals surface area contributed by atoms with Crippen LogP contribution >= 0.6 is 0 Å². The first-order valence-corrected chi connectivity index (χ1v) is 10.6. The molecule has 6 atom stereocenters. The van der Waals surface area contributed by atoms with Crippen molar-refractivity contribution in [3.8, 4) is 5.75 Å². The fourth-order valence-corrected chi connectivity index (χ4v) is 4.47. The number of hydrogen-bond donors (Lipinski definition) is 4. The molecule has 0 unspecified atom stereocenters. The number of aryl methyl sites for hydroxylation is 1. The van der Waals surface area contributed by atoms with Gasteiger partial charge in [-0.15, -0.1) is 0 Å². The van der Waals surface area contributed by atoms with E-state index in [2.05, 4.69) is 0 Å². The predicted octanol–water partition coefficient (Wildman–Crippen LogP) is 1.40. The highest BCUT2D eigenvalue weighted by Crippen LogP contribution is 2.51. The standard InChI is InChI=1S/C24H30O7/c1-4-29-19-9-6-16(7-10-19)11-17-12-18(8-5-14(17)2)24-22(28)20(26)21(27)23(31-24,13-30-24)15(3)25/h5-10,12,15,20-22,25-28H,4,11,13H2,1-3H3/t15-,20-,21-,22+,23+,24-/m0/s1. The van der Waals surface area contributed by atoms with Crippen LogP contribution in [0.25, 0.3) is 0 Å². The van der Waals surface area contributed by atoms with Crippen molar-refractivity contribution < 1.29 is 34.6 Å². The Morgan fingerprint density at radius 2 is 1.81 bits per heavy atom. The Kier molecular flexibility index (Phi) is 5.85. The zero-order valence-electron chi connectivity index (χ0n) is 18.0. The maximum absolute atomic E-state index is 10.8. The molecule has 7 heteroatoms. The van der Waals surface area contributed by atoms with Gasteiger partial charge in [0.2, 0.25) is 5.79 Å². The summed E-state index contributed by atoms with van der Waals surface area (Å²) in [6.07, 6.45) is -4.99. The number of rotatable bonds is 6. The van der Waals surface area contributed by atoms with Gasteiger partial charge in [-0.25, -0.2) is 0 Å². The van der Waals surface area contributed by atoms with Gasteiger partial charge in [-0.3, -0.25) is 0 Å². The largest absolute Gasteiger partial charge is 0.494 e. The number of benzene rings is 2.